The molecular weight excluding hydrogens is 442 g/mol. The van der Waals surface area contributed by atoms with Crippen molar-refractivity contribution >= 4 is 43.8 Å². The van der Waals surface area contributed by atoms with Crippen molar-refractivity contribution in [1.29, 1.82) is 0 Å². The minimum atomic E-state index is -4.30. The van der Waals surface area contributed by atoms with Crippen LogP contribution in [0.4, 0.5) is 19.6 Å². The van der Waals surface area contributed by atoms with Gasteiger partial charge in [-0.3, -0.25) is 4.72 Å². The molecule has 11 heteroatoms. The van der Waals surface area contributed by atoms with E-state index in [2.05, 4.69) is 22.5 Å². The zero-order chi connectivity index (χ0) is 21.6. The lowest BCUT2D eigenvalue weighted by Crippen LogP contribution is -2.39. The first kappa shape index (κ1) is 23.8. The van der Waals surface area contributed by atoms with E-state index in [4.69, 9.17) is 11.6 Å². The lowest BCUT2D eigenvalue weighted by Gasteiger charge is -2.22. The summed E-state index contributed by atoms with van der Waals surface area (Å²) in [5.74, 6) is -0.969. The number of aromatic nitrogens is 1. The average Bonchev–Trinajstić information content (AvgIpc) is 3.03. The first-order valence-electron chi connectivity index (χ1n) is 9.25. The van der Waals surface area contributed by atoms with Crippen LogP contribution in [0.3, 0.4) is 0 Å². The summed E-state index contributed by atoms with van der Waals surface area (Å²) in [6, 6.07) is 2.53. The number of hydrogen-bond donors (Lipinski definition) is 3. The Morgan fingerprint density at radius 3 is 2.59 bits per heavy atom. The highest BCUT2D eigenvalue weighted by molar-refractivity contribution is 7.93. The van der Waals surface area contributed by atoms with E-state index >= 15 is 0 Å². The van der Waals surface area contributed by atoms with E-state index in [1.165, 1.54) is 0 Å². The molecule has 6 nitrogen and oxygen atoms in total. The predicted octanol–water partition coefficient (Wildman–Crippen LogP) is 4.84. The van der Waals surface area contributed by atoms with Crippen LogP contribution >= 0.6 is 22.9 Å². The summed E-state index contributed by atoms with van der Waals surface area (Å²) in [4.78, 5) is 2.94. The molecule has 0 saturated carbocycles. The summed E-state index contributed by atoms with van der Waals surface area (Å²) >= 11 is 6.70. The lowest BCUT2D eigenvalue weighted by atomic mass is 10.1. The molecule has 162 valence electrons. The van der Waals surface area contributed by atoms with Crippen molar-refractivity contribution in [3.63, 3.8) is 0 Å². The van der Waals surface area contributed by atoms with Gasteiger partial charge in [0.25, 0.3) is 10.0 Å². The second-order valence-electron chi connectivity index (χ2n) is 6.88. The highest BCUT2D eigenvalue weighted by Crippen LogP contribution is 2.30. The molecule has 3 N–H and O–H groups in total. The Morgan fingerprint density at radius 1 is 1.28 bits per heavy atom. The fourth-order valence-electron chi connectivity index (χ4n) is 2.74. The molecule has 1 unspecified atom stereocenters. The van der Waals surface area contributed by atoms with Gasteiger partial charge in [-0.25, -0.2) is 17.8 Å². The van der Waals surface area contributed by atoms with Crippen LogP contribution in [0.5, 0.6) is 0 Å². The Hall–Kier alpha value is -1.49. The van der Waals surface area contributed by atoms with Gasteiger partial charge in [-0.1, -0.05) is 56.6 Å². The third-order valence-electron chi connectivity index (χ3n) is 4.02. The molecule has 0 spiro atoms. The number of benzene rings is 1. The smallest absolute Gasteiger partial charge is 0.266 e. The highest BCUT2D eigenvalue weighted by atomic mass is 35.5. The normalized spacial score (nSPS) is 12.9. The van der Waals surface area contributed by atoms with Gasteiger partial charge in [0.15, 0.2) is 10.3 Å². The Kier molecular flexibility index (Phi) is 8.62. The summed E-state index contributed by atoms with van der Waals surface area (Å²) in [5.41, 5.74) is 0.301. The van der Waals surface area contributed by atoms with Gasteiger partial charge in [0.1, 0.15) is 10.7 Å². The van der Waals surface area contributed by atoms with Crippen molar-refractivity contribution in [3.8, 4) is 0 Å². The molecule has 0 aliphatic heterocycles. The van der Waals surface area contributed by atoms with Crippen LogP contribution in [0.25, 0.3) is 0 Å². The van der Waals surface area contributed by atoms with Crippen molar-refractivity contribution in [2.75, 3.05) is 16.6 Å². The van der Waals surface area contributed by atoms with E-state index in [1.807, 2.05) is 18.6 Å². The number of nitrogens with zero attached hydrogens (tertiary/aromatic N) is 1. The van der Waals surface area contributed by atoms with Crippen molar-refractivity contribution < 1.29 is 17.2 Å². The van der Waals surface area contributed by atoms with Gasteiger partial charge in [0.2, 0.25) is 0 Å². The largest absolute Gasteiger partial charge is 0.382 e. The number of sulfonamides is 1. The Morgan fingerprint density at radius 2 is 2.00 bits per heavy atom. The number of nitrogens with one attached hydrogen (secondary N) is 3. The Bertz CT molecular complexity index is 923. The van der Waals surface area contributed by atoms with Gasteiger partial charge in [-0.15, -0.1) is 0 Å². The molecule has 2 rings (SSSR count). The molecule has 0 saturated heterocycles. The summed E-state index contributed by atoms with van der Waals surface area (Å²) in [5, 5.41) is 5.74. The maximum atomic E-state index is 14.5. The number of halogens is 3. The number of hydrogen-bond acceptors (Lipinski definition) is 6. The summed E-state index contributed by atoms with van der Waals surface area (Å²) < 4.78 is 54.4. The van der Waals surface area contributed by atoms with Crippen LogP contribution in [0.2, 0.25) is 5.02 Å². The van der Waals surface area contributed by atoms with E-state index in [0.717, 1.165) is 37.6 Å². The fourth-order valence-corrected chi connectivity index (χ4v) is 4.91. The van der Waals surface area contributed by atoms with E-state index < -0.39 is 25.9 Å². The monoisotopic (exact) mass is 466 g/mol. The van der Waals surface area contributed by atoms with Crippen LogP contribution < -0.4 is 15.4 Å². The Balaban J connectivity index is 2.15. The minimum Gasteiger partial charge on any atom is -0.382 e. The van der Waals surface area contributed by atoms with Crippen LogP contribution in [-0.2, 0) is 10.0 Å². The van der Waals surface area contributed by atoms with Gasteiger partial charge >= 0.3 is 0 Å². The summed E-state index contributed by atoms with van der Waals surface area (Å²) in [7, 11) is -4.30. The molecule has 1 aromatic carbocycles. The lowest BCUT2D eigenvalue weighted by molar-refractivity contribution is 0.441. The molecule has 0 radical (unpaired) electrons. The standard InChI is InChI=1S/C18H25ClF2N4O2S2/c1-4-5-6-12(24-11(2)3)9-22-15-8-14(20)16(7-13(15)19)29(26,27)25-18-23-10-17(21)28-18/h7-8,10-12,22,24H,4-6,9H2,1-3H3,(H,23,25). The molecule has 2 aromatic rings. The summed E-state index contributed by atoms with van der Waals surface area (Å²) in [6.07, 6.45) is 3.93. The molecule has 0 aliphatic carbocycles. The first-order valence-corrected chi connectivity index (χ1v) is 11.9. The van der Waals surface area contributed by atoms with Gasteiger partial charge in [0.05, 0.1) is 16.9 Å². The Labute approximate surface area is 179 Å². The number of rotatable bonds is 11. The molecule has 0 bridgehead atoms. The van der Waals surface area contributed by atoms with Gasteiger partial charge in [-0.2, -0.15) is 4.39 Å². The SMILES string of the molecule is CCCCC(CNc1cc(F)c(S(=O)(=O)Nc2ncc(F)s2)cc1Cl)NC(C)C. The maximum Gasteiger partial charge on any atom is 0.266 e. The van der Waals surface area contributed by atoms with Crippen molar-refractivity contribution in [2.24, 2.45) is 0 Å². The van der Waals surface area contributed by atoms with Crippen LogP contribution in [0.15, 0.2) is 23.2 Å². The number of unbranched alkanes of at least 4 members (excludes halogenated alkanes) is 1. The molecule has 0 amide bonds. The van der Waals surface area contributed by atoms with Crippen molar-refractivity contribution in [3.05, 3.63) is 34.3 Å². The molecule has 1 atom stereocenters. The quantitative estimate of drug-likeness (QED) is 0.441. The van der Waals surface area contributed by atoms with Crippen molar-refractivity contribution in [2.45, 2.75) is 57.0 Å². The first-order chi connectivity index (χ1) is 13.6. The van der Waals surface area contributed by atoms with E-state index in [-0.39, 0.29) is 16.2 Å². The molecule has 29 heavy (non-hydrogen) atoms. The fraction of sp³-hybridized carbons (Fsp3) is 0.500. The molecule has 0 fully saturated rings. The van der Waals surface area contributed by atoms with Gasteiger partial charge < -0.3 is 10.6 Å². The minimum absolute atomic E-state index is 0.0656. The van der Waals surface area contributed by atoms with E-state index in [1.54, 1.807) is 0 Å². The zero-order valence-corrected chi connectivity index (χ0v) is 18.8. The molecule has 1 aromatic heterocycles. The number of anilines is 2. The third kappa shape index (κ3) is 7.06. The topological polar surface area (TPSA) is 83.1 Å². The van der Waals surface area contributed by atoms with Crippen LogP contribution in [0.1, 0.15) is 40.0 Å². The average molecular weight is 467 g/mol. The van der Waals surface area contributed by atoms with Gasteiger partial charge in [0, 0.05) is 18.6 Å². The van der Waals surface area contributed by atoms with Gasteiger partial charge in [-0.05, 0) is 18.6 Å². The van der Waals surface area contributed by atoms with Crippen molar-refractivity contribution in [1.82, 2.24) is 10.3 Å². The molecule has 0 aliphatic rings. The molecule has 1 heterocycles. The third-order valence-corrected chi connectivity index (χ3v) is 6.52. The number of thiazole rings is 1. The maximum absolute atomic E-state index is 14.5. The van der Waals surface area contributed by atoms with Crippen LogP contribution in [0, 0.1) is 10.9 Å². The summed E-state index contributed by atoms with van der Waals surface area (Å²) in [6.45, 7) is 6.72. The highest BCUT2D eigenvalue weighted by Gasteiger charge is 2.23. The van der Waals surface area contributed by atoms with E-state index in [9.17, 15) is 17.2 Å². The van der Waals surface area contributed by atoms with Crippen LogP contribution in [-0.4, -0.2) is 32.0 Å². The zero-order valence-electron chi connectivity index (χ0n) is 16.4. The van der Waals surface area contributed by atoms with E-state index in [0.29, 0.717) is 29.6 Å². The molecular formula is C18H25ClF2N4O2S2. The predicted molar refractivity (Wildman–Crippen MR) is 114 cm³/mol. The second kappa shape index (κ2) is 10.5. The second-order valence-corrected chi connectivity index (χ2v) is 9.92.